The fourth-order valence-corrected chi connectivity index (χ4v) is 4.54. The standard InChI is InChI=1S/C21H35N5O3/c1-16-6-4-10-25(15-16)11-5-9-22-20(28)17-7-12-26(13-8-17)18-14-19(27)24(3)21(29)23(18)2/h14,16-17H,4-13,15H2,1-3H3,(H,22,28). The van der Waals surface area contributed by atoms with Crippen molar-refractivity contribution < 1.29 is 4.79 Å². The van der Waals surface area contributed by atoms with Crippen molar-refractivity contribution >= 4 is 11.7 Å². The van der Waals surface area contributed by atoms with Crippen LogP contribution in [0.2, 0.25) is 0 Å². The van der Waals surface area contributed by atoms with Crippen LogP contribution in [-0.4, -0.2) is 59.2 Å². The molecule has 2 fully saturated rings. The molecule has 0 aliphatic carbocycles. The van der Waals surface area contributed by atoms with Gasteiger partial charge in [0, 0.05) is 52.3 Å². The number of hydrogen-bond acceptors (Lipinski definition) is 5. The zero-order valence-corrected chi connectivity index (χ0v) is 18.0. The van der Waals surface area contributed by atoms with E-state index in [-0.39, 0.29) is 23.1 Å². The summed E-state index contributed by atoms with van der Waals surface area (Å²) in [5.74, 6) is 1.56. The van der Waals surface area contributed by atoms with Gasteiger partial charge < -0.3 is 15.1 Å². The molecule has 0 bridgehead atoms. The Balaban J connectivity index is 1.43. The molecule has 0 aromatic carbocycles. The molecule has 0 saturated carbocycles. The van der Waals surface area contributed by atoms with Gasteiger partial charge in [-0.05, 0) is 51.1 Å². The van der Waals surface area contributed by atoms with Gasteiger partial charge in [-0.2, -0.15) is 0 Å². The first-order valence-corrected chi connectivity index (χ1v) is 10.9. The van der Waals surface area contributed by atoms with Crippen LogP contribution in [-0.2, 0) is 18.9 Å². The molecule has 1 N–H and O–H groups in total. The zero-order valence-electron chi connectivity index (χ0n) is 18.0. The largest absolute Gasteiger partial charge is 0.358 e. The molecule has 0 radical (unpaired) electrons. The van der Waals surface area contributed by atoms with E-state index in [9.17, 15) is 14.4 Å². The summed E-state index contributed by atoms with van der Waals surface area (Å²) >= 11 is 0. The summed E-state index contributed by atoms with van der Waals surface area (Å²) in [5, 5.41) is 3.10. The van der Waals surface area contributed by atoms with Gasteiger partial charge >= 0.3 is 5.69 Å². The Morgan fingerprint density at radius 2 is 1.83 bits per heavy atom. The quantitative estimate of drug-likeness (QED) is 0.699. The molecule has 2 aliphatic rings. The number of piperidine rings is 2. The molecule has 1 amide bonds. The van der Waals surface area contributed by atoms with E-state index in [0.29, 0.717) is 18.9 Å². The van der Waals surface area contributed by atoms with Gasteiger partial charge in [-0.3, -0.25) is 18.7 Å². The first-order chi connectivity index (χ1) is 13.9. The Bertz CT molecular complexity index is 823. The number of likely N-dealkylation sites (tertiary alicyclic amines) is 1. The molecule has 3 rings (SSSR count). The molecule has 2 saturated heterocycles. The van der Waals surface area contributed by atoms with Crippen molar-refractivity contribution in [1.29, 1.82) is 0 Å². The van der Waals surface area contributed by atoms with Gasteiger partial charge in [0.1, 0.15) is 5.82 Å². The van der Waals surface area contributed by atoms with Gasteiger partial charge in [-0.25, -0.2) is 4.79 Å². The van der Waals surface area contributed by atoms with Crippen LogP contribution in [0.4, 0.5) is 5.82 Å². The lowest BCUT2D eigenvalue weighted by atomic mass is 9.96. The van der Waals surface area contributed by atoms with E-state index < -0.39 is 0 Å². The molecule has 162 valence electrons. The van der Waals surface area contributed by atoms with Gasteiger partial charge in [0.2, 0.25) is 5.91 Å². The van der Waals surface area contributed by atoms with E-state index >= 15 is 0 Å². The molecule has 2 aliphatic heterocycles. The highest BCUT2D eigenvalue weighted by Crippen LogP contribution is 2.21. The number of aromatic nitrogens is 2. The maximum Gasteiger partial charge on any atom is 0.332 e. The molecule has 29 heavy (non-hydrogen) atoms. The van der Waals surface area contributed by atoms with Crippen LogP contribution in [0.15, 0.2) is 15.7 Å². The molecular weight excluding hydrogens is 370 g/mol. The summed E-state index contributed by atoms with van der Waals surface area (Å²) in [6.07, 6.45) is 5.08. The Labute approximate surface area is 172 Å². The van der Waals surface area contributed by atoms with Crippen molar-refractivity contribution in [3.63, 3.8) is 0 Å². The Morgan fingerprint density at radius 3 is 2.52 bits per heavy atom. The van der Waals surface area contributed by atoms with Crippen molar-refractivity contribution in [2.75, 3.05) is 44.2 Å². The number of carbonyl (C=O) groups is 1. The van der Waals surface area contributed by atoms with Crippen molar-refractivity contribution in [3.05, 3.63) is 26.9 Å². The van der Waals surface area contributed by atoms with Crippen LogP contribution in [0.5, 0.6) is 0 Å². The van der Waals surface area contributed by atoms with Gasteiger partial charge in [0.05, 0.1) is 0 Å². The Kier molecular flexibility index (Phi) is 7.16. The highest BCUT2D eigenvalue weighted by atomic mass is 16.2. The number of anilines is 1. The van der Waals surface area contributed by atoms with E-state index in [0.717, 1.165) is 42.8 Å². The minimum Gasteiger partial charge on any atom is -0.358 e. The lowest BCUT2D eigenvalue weighted by molar-refractivity contribution is -0.125. The van der Waals surface area contributed by atoms with Crippen LogP contribution in [0.3, 0.4) is 0 Å². The lowest BCUT2D eigenvalue weighted by Gasteiger charge is -2.33. The van der Waals surface area contributed by atoms with Crippen molar-refractivity contribution in [3.8, 4) is 0 Å². The van der Waals surface area contributed by atoms with Gasteiger partial charge in [-0.1, -0.05) is 6.92 Å². The van der Waals surface area contributed by atoms with Crippen molar-refractivity contribution in [2.45, 2.75) is 39.0 Å². The third kappa shape index (κ3) is 5.29. The number of carbonyl (C=O) groups excluding carboxylic acids is 1. The molecule has 1 unspecified atom stereocenters. The van der Waals surface area contributed by atoms with Crippen LogP contribution >= 0.6 is 0 Å². The maximum atomic E-state index is 12.5. The molecule has 8 nitrogen and oxygen atoms in total. The second-order valence-electron chi connectivity index (χ2n) is 8.70. The van der Waals surface area contributed by atoms with Crippen molar-refractivity contribution in [1.82, 2.24) is 19.4 Å². The first kappa shape index (κ1) is 21.6. The molecule has 1 atom stereocenters. The molecule has 3 heterocycles. The fraction of sp³-hybridized carbons (Fsp3) is 0.762. The predicted molar refractivity (Wildman–Crippen MR) is 114 cm³/mol. The average Bonchev–Trinajstić information content (AvgIpc) is 2.72. The zero-order chi connectivity index (χ0) is 21.0. The summed E-state index contributed by atoms with van der Waals surface area (Å²) in [4.78, 5) is 41.2. The second-order valence-corrected chi connectivity index (χ2v) is 8.70. The number of nitrogens with zero attached hydrogens (tertiary/aromatic N) is 4. The monoisotopic (exact) mass is 405 g/mol. The van der Waals surface area contributed by atoms with Crippen LogP contribution < -0.4 is 21.5 Å². The third-order valence-corrected chi connectivity index (χ3v) is 6.38. The van der Waals surface area contributed by atoms with E-state index in [2.05, 4.69) is 17.1 Å². The Hall–Kier alpha value is -2.09. The minimum atomic E-state index is -0.324. The summed E-state index contributed by atoms with van der Waals surface area (Å²) in [6, 6.07) is 1.50. The molecular formula is C21H35N5O3. The topological polar surface area (TPSA) is 79.6 Å². The van der Waals surface area contributed by atoms with Gasteiger partial charge in [0.25, 0.3) is 5.56 Å². The van der Waals surface area contributed by atoms with E-state index in [1.54, 1.807) is 7.05 Å². The Morgan fingerprint density at radius 1 is 1.10 bits per heavy atom. The second kappa shape index (κ2) is 9.61. The number of amides is 1. The molecule has 8 heteroatoms. The van der Waals surface area contributed by atoms with E-state index in [1.165, 1.54) is 43.6 Å². The fourth-order valence-electron chi connectivity index (χ4n) is 4.54. The highest BCUT2D eigenvalue weighted by molar-refractivity contribution is 5.78. The average molecular weight is 406 g/mol. The summed E-state index contributed by atoms with van der Waals surface area (Å²) < 4.78 is 2.61. The van der Waals surface area contributed by atoms with E-state index in [4.69, 9.17) is 0 Å². The lowest BCUT2D eigenvalue weighted by Crippen LogP contribution is -2.45. The summed E-state index contributed by atoms with van der Waals surface area (Å²) in [5.41, 5.74) is -0.624. The number of rotatable bonds is 6. The minimum absolute atomic E-state index is 0.00447. The van der Waals surface area contributed by atoms with Gasteiger partial charge in [0.15, 0.2) is 0 Å². The van der Waals surface area contributed by atoms with E-state index in [1.807, 2.05) is 4.90 Å². The molecule has 0 spiro atoms. The molecule has 1 aromatic heterocycles. The SMILES string of the molecule is CC1CCCN(CCCNC(=O)C2CCN(c3cc(=O)n(C)c(=O)n3C)CC2)C1. The number of nitrogens with one attached hydrogen (secondary N) is 1. The highest BCUT2D eigenvalue weighted by Gasteiger charge is 2.26. The first-order valence-electron chi connectivity index (χ1n) is 10.9. The number of hydrogen-bond donors (Lipinski definition) is 1. The summed E-state index contributed by atoms with van der Waals surface area (Å²) in [7, 11) is 3.16. The predicted octanol–water partition coefficient (Wildman–Crippen LogP) is 0.539. The van der Waals surface area contributed by atoms with Crippen LogP contribution in [0.1, 0.15) is 39.0 Å². The van der Waals surface area contributed by atoms with Crippen LogP contribution in [0, 0.1) is 11.8 Å². The van der Waals surface area contributed by atoms with Crippen molar-refractivity contribution in [2.24, 2.45) is 25.9 Å². The third-order valence-electron chi connectivity index (χ3n) is 6.38. The summed E-state index contributed by atoms with van der Waals surface area (Å²) in [6.45, 7) is 7.80. The molecule has 1 aromatic rings. The smallest absolute Gasteiger partial charge is 0.332 e. The maximum absolute atomic E-state index is 12.5. The van der Waals surface area contributed by atoms with Gasteiger partial charge in [-0.15, -0.1) is 0 Å². The normalized spacial score (nSPS) is 21.3. The van der Waals surface area contributed by atoms with Crippen LogP contribution in [0.25, 0.3) is 0 Å².